The van der Waals surface area contributed by atoms with Crippen LogP contribution in [0.2, 0.25) is 0 Å². The molecule has 0 aromatic heterocycles. The topological polar surface area (TPSA) is 67.4 Å². The van der Waals surface area contributed by atoms with E-state index < -0.39 is 6.04 Å². The van der Waals surface area contributed by atoms with Crippen molar-refractivity contribution < 1.29 is 14.3 Å². The summed E-state index contributed by atoms with van der Waals surface area (Å²) in [6, 6.07) is 8.85. The zero-order valence-corrected chi connectivity index (χ0v) is 46.2. The number of anilines is 1. The van der Waals surface area contributed by atoms with Crippen molar-refractivity contribution >= 4 is 50.3 Å². The highest BCUT2D eigenvalue weighted by Crippen LogP contribution is 3.00. The van der Waals surface area contributed by atoms with Gasteiger partial charge < -0.3 is 15.4 Å². The molecule has 19 unspecified atom stereocenters. The van der Waals surface area contributed by atoms with Crippen LogP contribution in [0.25, 0.3) is 32.7 Å². The van der Waals surface area contributed by atoms with Crippen LogP contribution >= 0.6 is 0 Å². The number of carbonyl (C=O) groups is 2. The molecule has 4 aromatic rings. The van der Waals surface area contributed by atoms with Crippen LogP contribution in [-0.2, 0) is 26.2 Å². The summed E-state index contributed by atoms with van der Waals surface area (Å²) in [5.41, 5.74) is 29.8. The Labute approximate surface area is 466 Å². The van der Waals surface area contributed by atoms with Gasteiger partial charge in [0, 0.05) is 35.9 Å². The Morgan fingerprint density at radius 3 is 2.14 bits per heavy atom. The highest BCUT2D eigenvalue weighted by Gasteiger charge is 2.93. The number of benzene rings is 4. The molecule has 29 rings (SSSR count). The van der Waals surface area contributed by atoms with Crippen molar-refractivity contribution in [2.45, 2.75) is 112 Å². The molecule has 5 nitrogen and oxygen atoms in total. The number of methoxy groups -OCH3 is 1. The minimum atomic E-state index is -0.678. The number of allylic oxidation sites excluding steroid dienone is 3. The third kappa shape index (κ3) is 2.87. The van der Waals surface area contributed by atoms with E-state index in [4.69, 9.17) is 4.74 Å². The zero-order chi connectivity index (χ0) is 50.4. The molecule has 0 aliphatic heterocycles. The fraction of sp³-hybridized carbons (Fsp3) is 0.653. The first kappa shape index (κ1) is 39.2. The molecule has 0 radical (unpaired) electrons. The maximum absolute atomic E-state index is 12.9. The molecule has 1 amide bonds. The smallest absolute Gasteiger partial charge is 0.328 e. The lowest BCUT2D eigenvalue weighted by atomic mass is 9.23. The van der Waals surface area contributed by atoms with Gasteiger partial charge in [0.1, 0.15) is 6.04 Å². The molecule has 39 atom stereocenters. The number of ether oxygens (including phenoxy) is 1. The van der Waals surface area contributed by atoms with Gasteiger partial charge in [-0.1, -0.05) is 37.6 Å². The van der Waals surface area contributed by atoms with E-state index in [1.165, 1.54) is 45.4 Å². The van der Waals surface area contributed by atoms with Crippen molar-refractivity contribution in [1.82, 2.24) is 5.32 Å². The molecule has 11 bridgehead atoms. The first-order chi connectivity index (χ1) is 39.3. The van der Waals surface area contributed by atoms with Crippen LogP contribution in [0.15, 0.2) is 35.9 Å². The highest BCUT2D eigenvalue weighted by molar-refractivity contribution is 6.32. The van der Waals surface area contributed by atoms with Crippen molar-refractivity contribution in [3.63, 3.8) is 0 Å². The average Bonchev–Trinajstić information content (AvgIpc) is 1.39. The molecule has 2 spiro atoms. The number of hydrogen-bond donors (Lipinski definition) is 2. The molecular formula is C75H68N2O3. The van der Waals surface area contributed by atoms with Crippen LogP contribution in [0.4, 0.5) is 5.69 Å². The summed E-state index contributed by atoms with van der Waals surface area (Å²) >= 11 is 0. The van der Waals surface area contributed by atoms with E-state index in [1.807, 2.05) is 43.8 Å². The second-order valence-electron chi connectivity index (χ2n) is 35.2. The second-order valence-corrected chi connectivity index (χ2v) is 35.2. The van der Waals surface area contributed by atoms with Crippen molar-refractivity contribution in [3.8, 4) is 0 Å². The van der Waals surface area contributed by atoms with E-state index in [-0.39, 0.29) is 22.7 Å². The van der Waals surface area contributed by atoms with Gasteiger partial charge in [-0.05, 0) is 345 Å². The molecular weight excluding hydrogens is 977 g/mol. The summed E-state index contributed by atoms with van der Waals surface area (Å²) in [6.07, 6.45) is 10.9. The Morgan fingerprint density at radius 1 is 0.588 bits per heavy atom. The lowest BCUT2D eigenvalue weighted by molar-refractivity contribution is -0.220. The Bertz CT molecular complexity index is 4280. The lowest BCUT2D eigenvalue weighted by Gasteiger charge is -2.80. The van der Waals surface area contributed by atoms with E-state index in [0.29, 0.717) is 12.5 Å². The average molecular weight is 1050 g/mol. The van der Waals surface area contributed by atoms with Crippen molar-refractivity contribution in [2.24, 2.45) is 177 Å². The number of hydrogen-bond acceptors (Lipinski definition) is 4. The van der Waals surface area contributed by atoms with Gasteiger partial charge >= 0.3 is 5.97 Å². The fourth-order valence-electron chi connectivity index (χ4n) is 38.2. The van der Waals surface area contributed by atoms with Gasteiger partial charge in [-0.3, -0.25) is 4.79 Å². The summed E-state index contributed by atoms with van der Waals surface area (Å²) in [5, 5.41) is 15.2. The van der Waals surface area contributed by atoms with E-state index >= 15 is 0 Å². The van der Waals surface area contributed by atoms with Crippen molar-refractivity contribution in [1.29, 1.82) is 0 Å². The fourth-order valence-corrected chi connectivity index (χ4v) is 38.2. The highest BCUT2D eigenvalue weighted by atomic mass is 16.5. The van der Waals surface area contributed by atoms with Crippen molar-refractivity contribution in [3.05, 3.63) is 97.1 Å². The van der Waals surface area contributed by atoms with Gasteiger partial charge in [0.15, 0.2) is 0 Å². The Morgan fingerprint density at radius 2 is 1.30 bits per heavy atom. The number of fused-ring (bicyclic) bond motifs is 12. The molecule has 2 N–H and O–H groups in total. The molecule has 13 fully saturated rings. The first-order valence-electron chi connectivity index (χ1n) is 34.2. The van der Waals surface area contributed by atoms with Crippen molar-refractivity contribution in [2.75, 3.05) is 12.4 Å². The van der Waals surface area contributed by atoms with Gasteiger partial charge in [-0.2, -0.15) is 0 Å². The molecule has 4 aromatic carbocycles. The SMILES string of the molecule is COC(=O)C(Cc1ccc(NC2CCC34c5c6c7c8c9c%10c%11c%12c%13c%14c%15c%11c8c5C%15=C5C8C%14C%11CC%13[C@H]%13C%14C%12C%10C%10C%12C=C9C9C7CC6[C@@H]3[C@H]3[C@H]6[C@@H](C)[C@@H]9[C@@H]7[C@H]9[C@H]%15[C@@H]%16C(C%14C%10[C@H]%12[C@@H]%167)[C@@H]%13[C@@H]%11[C@H]%15[C@@H](C)[C@H]([C@@H]69)[C@H]3[C@H]8C54C2)cc1)NC(C)=O. The van der Waals surface area contributed by atoms with Crippen LogP contribution < -0.4 is 10.6 Å². The van der Waals surface area contributed by atoms with Crippen LogP contribution in [0.5, 0.6) is 0 Å². The summed E-state index contributed by atoms with van der Waals surface area (Å²) in [4.78, 5) is 25.1. The number of nitrogens with one attached hydrogen (secondary N) is 2. The van der Waals surface area contributed by atoms with Crippen LogP contribution in [0.3, 0.4) is 0 Å². The van der Waals surface area contributed by atoms with Crippen LogP contribution in [0.1, 0.15) is 150 Å². The van der Waals surface area contributed by atoms with Gasteiger partial charge in [-0.15, -0.1) is 0 Å². The summed E-state index contributed by atoms with van der Waals surface area (Å²) in [6.45, 7) is 7.68. The number of amides is 1. The standard InChI is InChI=1S/C75H68N2O3/c1-16-29-33-22-12-25-38-48-39(25)52-51-36(22)47-35-23(33)14-27-42(35)70-66-62(47)61-60(51)54-40-26-13-24-34-30-17(2)32-43(55-44(29)50(38)56(45(30)55)58-46(34)37(26)53(57(48)58)59(52)54)31(16)64-65(32)71-68-41(24)49(40)63(61)67(66)72(68)75(71)15-21(9-10-74(70,75)69(27)64)77-20-7-5-19(6-8-20)11-28(73(79)80-4)76-18(3)78/h5-8,12,16-17,21,23-34,37-39,41,43-46,48,50,52-53,55-59,64-65,68-69,71,77H,9-11,13-15H2,1-4H3,(H,76,78)/t16-,17+,21?,23?,24?,25?,26?,27?,28?,29-,30+,31-,32+,33?,34-,37+,38-,39?,41?,43+,44-,45-,46+,48?,50+,52?,53?,55-,56-,57?,58?,59?,64-,65+,68?,69+,71+,74?,75?/m0/s1. The molecule has 0 heterocycles. The van der Waals surface area contributed by atoms with Gasteiger partial charge in [0.05, 0.1) is 7.11 Å². The molecule has 13 saturated carbocycles. The maximum atomic E-state index is 12.9. The number of rotatable bonds is 6. The second kappa shape index (κ2) is 10.6. The summed E-state index contributed by atoms with van der Waals surface area (Å²) in [7, 11) is 1.43. The van der Waals surface area contributed by atoms with Gasteiger partial charge in [0.25, 0.3) is 0 Å². The van der Waals surface area contributed by atoms with E-state index in [2.05, 4.69) is 105 Å². The predicted octanol–water partition coefficient (Wildman–Crippen LogP) is 12.1. The van der Waals surface area contributed by atoms with Gasteiger partial charge in [0.2, 0.25) is 5.91 Å². The lowest BCUT2D eigenvalue weighted by Crippen LogP contribution is -2.76. The molecule has 25 aliphatic carbocycles. The molecule has 0 saturated heterocycles. The largest absolute Gasteiger partial charge is 0.467 e. The predicted molar refractivity (Wildman–Crippen MR) is 299 cm³/mol. The number of carbonyl (C=O) groups excluding carboxylic acids is 2. The molecule has 25 aliphatic rings. The van der Waals surface area contributed by atoms with E-state index in [1.54, 1.807) is 6.42 Å². The normalized spacial score (nSPS) is 62.2. The Hall–Kier alpha value is -4.38. The molecule has 5 heteroatoms. The molecule has 396 valence electrons. The Balaban J connectivity index is 0.780. The van der Waals surface area contributed by atoms with Crippen LogP contribution in [0, 0.1) is 177 Å². The summed E-state index contributed by atoms with van der Waals surface area (Å²) in [5.74, 6) is 32.2. The minimum Gasteiger partial charge on any atom is -0.467 e. The monoisotopic (exact) mass is 1040 g/mol. The molecule has 80 heavy (non-hydrogen) atoms. The third-order valence-electron chi connectivity index (χ3n) is 36.4. The summed E-state index contributed by atoms with van der Waals surface area (Å²) < 4.78 is 5.16. The van der Waals surface area contributed by atoms with E-state index in [9.17, 15) is 9.59 Å². The van der Waals surface area contributed by atoms with E-state index in [0.717, 1.165) is 213 Å². The quantitative estimate of drug-likeness (QED) is 0.131. The number of esters is 1. The first-order valence-corrected chi connectivity index (χ1v) is 34.2. The third-order valence-corrected chi connectivity index (χ3v) is 36.4. The zero-order valence-electron chi connectivity index (χ0n) is 46.2. The maximum Gasteiger partial charge on any atom is 0.328 e. The Kier molecular flexibility index (Phi) is 5.18. The van der Waals surface area contributed by atoms with Gasteiger partial charge in [-0.25, -0.2) is 4.79 Å². The minimum absolute atomic E-state index is 0.198. The van der Waals surface area contributed by atoms with Crippen LogP contribution in [-0.4, -0.2) is 31.1 Å².